The zero-order valence-electron chi connectivity index (χ0n) is 22.4. The van der Waals surface area contributed by atoms with Gasteiger partial charge in [0.2, 0.25) is 5.91 Å². The highest BCUT2D eigenvalue weighted by Crippen LogP contribution is 2.14. The van der Waals surface area contributed by atoms with Crippen LogP contribution in [0.5, 0.6) is 5.75 Å². The highest BCUT2D eigenvalue weighted by Gasteiger charge is 2.12. The fourth-order valence-electron chi connectivity index (χ4n) is 3.26. The number of phenolic OH excluding ortho intramolecular Hbond substituents is 1. The van der Waals surface area contributed by atoms with Crippen LogP contribution in [-0.4, -0.2) is 29.5 Å². The molecule has 200 valence electrons. The van der Waals surface area contributed by atoms with Gasteiger partial charge in [-0.3, -0.25) is 9.59 Å². The Morgan fingerprint density at radius 3 is 1.78 bits per heavy atom. The van der Waals surface area contributed by atoms with E-state index in [1.165, 1.54) is 6.07 Å². The van der Waals surface area contributed by atoms with Crippen molar-refractivity contribution >= 4 is 11.8 Å². The summed E-state index contributed by atoms with van der Waals surface area (Å²) in [7, 11) is 0. The molecule has 1 unspecified atom stereocenters. The predicted molar refractivity (Wildman–Crippen MR) is 155 cm³/mol. The number of carbonyl (C=O) groups is 2. The number of aromatic hydroxyl groups is 1. The van der Waals surface area contributed by atoms with Gasteiger partial charge in [0.15, 0.2) is 0 Å². The molecule has 3 N–H and O–H groups in total. The number of carbonyl (C=O) groups excluding carboxylic acids is 2. The van der Waals surface area contributed by atoms with Crippen molar-refractivity contribution in [3.8, 4) is 5.75 Å². The highest BCUT2D eigenvalue weighted by molar-refractivity contribution is 5.96. The van der Waals surface area contributed by atoms with Gasteiger partial charge in [0.1, 0.15) is 5.75 Å². The van der Waals surface area contributed by atoms with Crippen molar-refractivity contribution in [1.82, 2.24) is 10.6 Å². The Kier molecular flexibility index (Phi) is 18.4. The first kappa shape index (κ1) is 31.4. The predicted octanol–water partition coefficient (Wildman–Crippen LogP) is 7.10. The molecule has 0 aromatic heterocycles. The molecule has 0 bridgehead atoms. The lowest BCUT2D eigenvalue weighted by atomic mass is 10.2. The summed E-state index contributed by atoms with van der Waals surface area (Å²) >= 11 is 0. The Balaban J connectivity index is 2.05. The van der Waals surface area contributed by atoms with Crippen molar-refractivity contribution in [2.75, 3.05) is 6.54 Å². The van der Waals surface area contributed by atoms with Gasteiger partial charge in [0, 0.05) is 19.0 Å². The number of phenols is 1. The number of allylic oxidation sites excluding steroid dienone is 12. The van der Waals surface area contributed by atoms with E-state index in [1.807, 2.05) is 13.0 Å². The summed E-state index contributed by atoms with van der Waals surface area (Å²) in [4.78, 5) is 24.2. The zero-order chi connectivity index (χ0) is 27.0. The lowest BCUT2D eigenvalue weighted by Crippen LogP contribution is -2.41. The molecule has 0 aliphatic rings. The molecule has 2 amide bonds. The van der Waals surface area contributed by atoms with Crippen LogP contribution in [0, 0.1) is 0 Å². The van der Waals surface area contributed by atoms with E-state index >= 15 is 0 Å². The molecule has 0 radical (unpaired) electrons. The molecule has 5 heteroatoms. The van der Waals surface area contributed by atoms with Gasteiger partial charge < -0.3 is 15.7 Å². The number of nitrogens with one attached hydrogen (secondary N) is 2. The van der Waals surface area contributed by atoms with Gasteiger partial charge in [-0.2, -0.15) is 0 Å². The van der Waals surface area contributed by atoms with Crippen LogP contribution in [0.25, 0.3) is 0 Å². The van der Waals surface area contributed by atoms with Crippen LogP contribution in [0.1, 0.15) is 75.6 Å². The largest absolute Gasteiger partial charge is 0.507 e. The molecule has 1 rings (SSSR count). The summed E-state index contributed by atoms with van der Waals surface area (Å²) in [5.74, 6) is -0.478. The first-order valence-corrected chi connectivity index (χ1v) is 13.3. The van der Waals surface area contributed by atoms with Crippen LogP contribution in [0.2, 0.25) is 0 Å². The molecule has 0 spiro atoms. The third kappa shape index (κ3) is 17.5. The Hall–Kier alpha value is -3.60. The molecule has 0 aliphatic heterocycles. The van der Waals surface area contributed by atoms with Crippen molar-refractivity contribution < 1.29 is 14.7 Å². The molecule has 0 saturated carbocycles. The van der Waals surface area contributed by atoms with Crippen LogP contribution in [-0.2, 0) is 4.79 Å². The Bertz CT molecular complexity index is 955. The number of hydrogen-bond acceptors (Lipinski definition) is 3. The number of hydrogen-bond donors (Lipinski definition) is 3. The van der Waals surface area contributed by atoms with Crippen LogP contribution < -0.4 is 10.6 Å². The van der Waals surface area contributed by atoms with E-state index in [4.69, 9.17) is 0 Å². The SMILES string of the molecule is CCC=CCC=CCC=CCC=CCC=CCC=CCCC(=O)NC(C)CNC(=O)c1ccccc1O. The van der Waals surface area contributed by atoms with Crippen molar-refractivity contribution in [1.29, 1.82) is 0 Å². The lowest BCUT2D eigenvalue weighted by molar-refractivity contribution is -0.121. The maximum absolute atomic E-state index is 12.1. The summed E-state index contributed by atoms with van der Waals surface area (Å²) < 4.78 is 0. The fourth-order valence-corrected chi connectivity index (χ4v) is 3.26. The normalized spacial score (nSPS) is 13.1. The minimum atomic E-state index is -0.364. The molecule has 1 aromatic rings. The van der Waals surface area contributed by atoms with E-state index in [-0.39, 0.29) is 29.2 Å². The summed E-state index contributed by atoms with van der Waals surface area (Å²) in [6.45, 7) is 4.27. The monoisotopic (exact) mass is 504 g/mol. The van der Waals surface area contributed by atoms with Crippen molar-refractivity contribution in [2.24, 2.45) is 0 Å². The third-order valence-electron chi connectivity index (χ3n) is 5.26. The van der Waals surface area contributed by atoms with E-state index in [2.05, 4.69) is 84.4 Å². The first-order valence-electron chi connectivity index (χ1n) is 13.3. The van der Waals surface area contributed by atoms with Crippen LogP contribution >= 0.6 is 0 Å². The fraction of sp³-hybridized carbons (Fsp3) is 0.375. The second-order valence-corrected chi connectivity index (χ2v) is 8.65. The van der Waals surface area contributed by atoms with E-state index in [1.54, 1.807) is 18.2 Å². The van der Waals surface area contributed by atoms with Gasteiger partial charge >= 0.3 is 0 Å². The van der Waals surface area contributed by atoms with Gasteiger partial charge in [-0.25, -0.2) is 0 Å². The zero-order valence-corrected chi connectivity index (χ0v) is 22.4. The van der Waals surface area contributed by atoms with E-state index in [0.717, 1.165) is 38.5 Å². The van der Waals surface area contributed by atoms with Crippen molar-refractivity contribution in [3.05, 3.63) is 103 Å². The third-order valence-corrected chi connectivity index (χ3v) is 5.26. The maximum Gasteiger partial charge on any atom is 0.255 e. The van der Waals surface area contributed by atoms with Gasteiger partial charge in [0.25, 0.3) is 5.91 Å². The van der Waals surface area contributed by atoms with Crippen molar-refractivity contribution in [3.63, 3.8) is 0 Å². The standard InChI is InChI=1S/C32H44N2O3/c1-3-4-5-6-7-8-9-10-11-12-13-14-15-16-17-18-19-20-21-26-31(36)34-28(2)27-33-32(37)29-24-22-23-25-30(29)35/h4-5,7-8,10-11,13-14,16-17,19-20,22-25,28,35H,3,6,9,12,15,18,21,26-27H2,1-2H3,(H,33,37)(H,34,36). The molecular weight excluding hydrogens is 460 g/mol. The smallest absolute Gasteiger partial charge is 0.255 e. The number of amides is 2. The number of para-hydroxylation sites is 1. The quantitative estimate of drug-likeness (QED) is 0.187. The minimum Gasteiger partial charge on any atom is -0.507 e. The van der Waals surface area contributed by atoms with Crippen LogP contribution in [0.15, 0.2) is 97.2 Å². The Morgan fingerprint density at radius 2 is 1.27 bits per heavy atom. The summed E-state index contributed by atoms with van der Waals surface area (Å²) in [6.07, 6.45) is 32.8. The molecule has 0 aliphatic carbocycles. The molecule has 1 atom stereocenters. The van der Waals surface area contributed by atoms with Gasteiger partial charge in [0.05, 0.1) is 5.56 Å². The summed E-state index contributed by atoms with van der Waals surface area (Å²) in [6, 6.07) is 6.17. The molecule has 37 heavy (non-hydrogen) atoms. The highest BCUT2D eigenvalue weighted by atomic mass is 16.3. The second kappa shape index (κ2) is 21.7. The second-order valence-electron chi connectivity index (χ2n) is 8.65. The number of rotatable bonds is 18. The van der Waals surface area contributed by atoms with E-state index in [9.17, 15) is 14.7 Å². The van der Waals surface area contributed by atoms with Gasteiger partial charge in [-0.05, 0) is 64.0 Å². The minimum absolute atomic E-state index is 0.0520. The van der Waals surface area contributed by atoms with E-state index < -0.39 is 0 Å². The topological polar surface area (TPSA) is 78.4 Å². The molecule has 0 saturated heterocycles. The molecule has 0 heterocycles. The Morgan fingerprint density at radius 1 is 0.784 bits per heavy atom. The average Bonchev–Trinajstić information content (AvgIpc) is 2.89. The van der Waals surface area contributed by atoms with Gasteiger partial charge in [-0.15, -0.1) is 0 Å². The Labute approximate surface area is 223 Å². The molecular formula is C32H44N2O3. The molecule has 5 nitrogen and oxygen atoms in total. The summed E-state index contributed by atoms with van der Waals surface area (Å²) in [5, 5.41) is 15.3. The molecule has 0 fully saturated rings. The van der Waals surface area contributed by atoms with Crippen LogP contribution in [0.3, 0.4) is 0 Å². The summed E-state index contributed by atoms with van der Waals surface area (Å²) in [5.41, 5.74) is 0.221. The molecule has 1 aromatic carbocycles. The van der Waals surface area contributed by atoms with Gasteiger partial charge in [-0.1, -0.05) is 92.0 Å². The van der Waals surface area contributed by atoms with E-state index in [0.29, 0.717) is 19.4 Å². The maximum atomic E-state index is 12.1. The number of benzene rings is 1. The average molecular weight is 505 g/mol. The lowest BCUT2D eigenvalue weighted by Gasteiger charge is -2.15. The van der Waals surface area contributed by atoms with Crippen molar-refractivity contribution in [2.45, 2.75) is 71.3 Å². The van der Waals surface area contributed by atoms with Crippen LogP contribution in [0.4, 0.5) is 0 Å². The first-order chi connectivity index (χ1) is 18.0.